The number of benzene rings is 1. The molecule has 1 aliphatic heterocycles. The lowest BCUT2D eigenvalue weighted by Crippen LogP contribution is -2.50. The van der Waals surface area contributed by atoms with E-state index in [0.29, 0.717) is 43.3 Å². The number of carbonyl (C=O) groups excluding carboxylic acids is 2. The number of amides is 2. The van der Waals surface area contributed by atoms with Crippen molar-refractivity contribution in [2.24, 2.45) is 0 Å². The minimum atomic E-state index is -3.00. The second-order valence-electron chi connectivity index (χ2n) is 6.29. The summed E-state index contributed by atoms with van der Waals surface area (Å²) in [7, 11) is 0. The molecule has 27 heavy (non-hydrogen) atoms. The van der Waals surface area contributed by atoms with Crippen LogP contribution in [-0.2, 0) is 0 Å². The molecule has 0 radical (unpaired) electrons. The Morgan fingerprint density at radius 3 is 2.07 bits per heavy atom. The van der Waals surface area contributed by atoms with Crippen molar-refractivity contribution in [3.8, 4) is 5.75 Å². The molecule has 2 heterocycles. The molecule has 0 N–H and O–H groups in total. The summed E-state index contributed by atoms with van der Waals surface area (Å²) < 4.78 is 34.9. The molecular weight excluding hydrogens is 358 g/mol. The molecule has 0 atom stereocenters. The first-order chi connectivity index (χ1) is 12.9. The zero-order chi connectivity index (χ0) is 19.6. The fourth-order valence-corrected chi connectivity index (χ4v) is 3.14. The molecule has 2 amide bonds. The maximum Gasteiger partial charge on any atom is 0.387 e. The minimum absolute atomic E-state index is 0.0823. The number of ether oxygens (including phenoxy) is 1. The summed E-state index contributed by atoms with van der Waals surface area (Å²) in [5, 5.41) is 0. The molecule has 1 saturated heterocycles. The van der Waals surface area contributed by atoms with Gasteiger partial charge < -0.3 is 19.0 Å². The molecule has 0 saturated carbocycles. The Morgan fingerprint density at radius 2 is 1.56 bits per heavy atom. The highest BCUT2D eigenvalue weighted by molar-refractivity contribution is 5.98. The smallest absolute Gasteiger partial charge is 0.387 e. The van der Waals surface area contributed by atoms with Gasteiger partial charge in [0.2, 0.25) is 0 Å². The van der Waals surface area contributed by atoms with Crippen molar-refractivity contribution >= 4 is 11.8 Å². The monoisotopic (exact) mass is 378 g/mol. The fraction of sp³-hybridized carbons (Fsp3) is 0.368. The fourth-order valence-electron chi connectivity index (χ4n) is 3.14. The van der Waals surface area contributed by atoms with E-state index in [0.717, 1.165) is 0 Å². The van der Waals surface area contributed by atoms with E-state index in [1.165, 1.54) is 23.1 Å². The highest BCUT2D eigenvalue weighted by atomic mass is 19.3. The Labute approximate surface area is 155 Å². The SMILES string of the molecule is Cc1cc(C(=O)N2CCN(C(=O)c3ccccc3OC(F)F)CC2)c(C)o1. The Morgan fingerprint density at radius 1 is 1.00 bits per heavy atom. The van der Waals surface area contributed by atoms with Gasteiger partial charge >= 0.3 is 6.61 Å². The molecule has 1 aromatic carbocycles. The zero-order valence-electron chi connectivity index (χ0n) is 15.1. The maximum atomic E-state index is 12.7. The molecule has 0 aliphatic carbocycles. The second kappa shape index (κ2) is 7.77. The molecule has 0 unspecified atom stereocenters. The lowest BCUT2D eigenvalue weighted by molar-refractivity contribution is -0.0503. The van der Waals surface area contributed by atoms with Crippen LogP contribution in [0.2, 0.25) is 0 Å². The van der Waals surface area contributed by atoms with Gasteiger partial charge in [0.25, 0.3) is 11.8 Å². The van der Waals surface area contributed by atoms with Crippen LogP contribution in [0.3, 0.4) is 0 Å². The van der Waals surface area contributed by atoms with Gasteiger partial charge in [0.1, 0.15) is 17.3 Å². The maximum absolute atomic E-state index is 12.7. The molecule has 6 nitrogen and oxygen atoms in total. The van der Waals surface area contributed by atoms with Gasteiger partial charge in [0, 0.05) is 26.2 Å². The zero-order valence-corrected chi connectivity index (χ0v) is 15.1. The van der Waals surface area contributed by atoms with Crippen LogP contribution in [0.25, 0.3) is 0 Å². The summed E-state index contributed by atoms with van der Waals surface area (Å²) in [5.41, 5.74) is 0.599. The number of rotatable bonds is 4. The van der Waals surface area contributed by atoms with Crippen LogP contribution >= 0.6 is 0 Å². The number of aryl methyl sites for hydroxylation is 2. The van der Waals surface area contributed by atoms with Crippen molar-refractivity contribution in [2.45, 2.75) is 20.5 Å². The Kier molecular flexibility index (Phi) is 5.43. The van der Waals surface area contributed by atoms with Gasteiger partial charge in [-0.2, -0.15) is 8.78 Å². The van der Waals surface area contributed by atoms with Gasteiger partial charge in [-0.3, -0.25) is 9.59 Å². The van der Waals surface area contributed by atoms with Crippen molar-refractivity contribution in [1.82, 2.24) is 9.80 Å². The number of nitrogens with zero attached hydrogens (tertiary/aromatic N) is 2. The average molecular weight is 378 g/mol. The van der Waals surface area contributed by atoms with E-state index in [4.69, 9.17) is 4.42 Å². The molecule has 8 heteroatoms. The van der Waals surface area contributed by atoms with Crippen LogP contribution in [0.4, 0.5) is 8.78 Å². The average Bonchev–Trinajstić information content (AvgIpc) is 2.99. The summed E-state index contributed by atoms with van der Waals surface area (Å²) in [5.74, 6) is 0.543. The van der Waals surface area contributed by atoms with Gasteiger partial charge in [-0.05, 0) is 32.0 Å². The standard InChI is InChI=1S/C19H20F2N2O4/c1-12-11-15(13(2)26-12)18(25)23-9-7-22(8-10-23)17(24)14-5-3-4-6-16(14)27-19(20)21/h3-6,11,19H,7-10H2,1-2H3. The van der Waals surface area contributed by atoms with E-state index in [9.17, 15) is 18.4 Å². The number of furan rings is 1. The minimum Gasteiger partial charge on any atom is -0.466 e. The number of para-hydroxylation sites is 1. The molecule has 1 aliphatic rings. The van der Waals surface area contributed by atoms with Gasteiger partial charge in [-0.1, -0.05) is 12.1 Å². The predicted octanol–water partition coefficient (Wildman–Crippen LogP) is 3.10. The molecule has 2 aromatic rings. The summed E-state index contributed by atoms with van der Waals surface area (Å²) >= 11 is 0. The van der Waals surface area contributed by atoms with Crippen molar-refractivity contribution < 1.29 is 27.5 Å². The number of hydrogen-bond acceptors (Lipinski definition) is 4. The van der Waals surface area contributed by atoms with Crippen LogP contribution in [0.5, 0.6) is 5.75 Å². The van der Waals surface area contributed by atoms with Gasteiger partial charge in [0.05, 0.1) is 11.1 Å². The summed E-state index contributed by atoms with van der Waals surface area (Å²) in [4.78, 5) is 28.5. The van der Waals surface area contributed by atoms with Crippen LogP contribution < -0.4 is 4.74 Å². The van der Waals surface area contributed by atoms with Gasteiger partial charge in [-0.25, -0.2) is 0 Å². The largest absolute Gasteiger partial charge is 0.466 e. The first-order valence-electron chi connectivity index (χ1n) is 8.56. The van der Waals surface area contributed by atoms with Gasteiger partial charge in [0.15, 0.2) is 0 Å². The van der Waals surface area contributed by atoms with E-state index in [2.05, 4.69) is 4.74 Å². The molecule has 144 valence electrons. The Balaban J connectivity index is 1.66. The third kappa shape index (κ3) is 4.10. The number of carbonyl (C=O) groups is 2. The first kappa shape index (κ1) is 18.9. The van der Waals surface area contributed by atoms with Crippen LogP contribution in [-0.4, -0.2) is 54.4 Å². The van der Waals surface area contributed by atoms with Crippen molar-refractivity contribution in [3.63, 3.8) is 0 Å². The lowest BCUT2D eigenvalue weighted by atomic mass is 10.1. The normalized spacial score (nSPS) is 14.6. The summed E-state index contributed by atoms with van der Waals surface area (Å²) in [6.45, 7) is 1.83. The number of piperazine rings is 1. The van der Waals surface area contributed by atoms with E-state index in [-0.39, 0.29) is 17.2 Å². The summed E-state index contributed by atoms with van der Waals surface area (Å²) in [6, 6.07) is 7.61. The highest BCUT2D eigenvalue weighted by Crippen LogP contribution is 2.23. The Hall–Kier alpha value is -2.90. The van der Waals surface area contributed by atoms with E-state index >= 15 is 0 Å². The number of hydrogen-bond donors (Lipinski definition) is 0. The topological polar surface area (TPSA) is 63.0 Å². The van der Waals surface area contributed by atoms with Crippen molar-refractivity contribution in [2.75, 3.05) is 26.2 Å². The quantitative estimate of drug-likeness (QED) is 0.820. The molecule has 0 bridgehead atoms. The number of alkyl halides is 2. The molecule has 1 aromatic heterocycles. The van der Waals surface area contributed by atoms with Crippen LogP contribution in [0, 0.1) is 13.8 Å². The highest BCUT2D eigenvalue weighted by Gasteiger charge is 2.28. The lowest BCUT2D eigenvalue weighted by Gasteiger charge is -2.35. The molecule has 1 fully saturated rings. The third-order valence-electron chi connectivity index (χ3n) is 4.46. The first-order valence-corrected chi connectivity index (χ1v) is 8.56. The van der Waals surface area contributed by atoms with Crippen molar-refractivity contribution in [3.05, 3.63) is 53.0 Å². The van der Waals surface area contributed by atoms with Gasteiger partial charge in [-0.15, -0.1) is 0 Å². The third-order valence-corrected chi connectivity index (χ3v) is 4.46. The van der Waals surface area contributed by atoms with E-state index < -0.39 is 12.5 Å². The summed E-state index contributed by atoms with van der Waals surface area (Å²) in [6.07, 6.45) is 0. The predicted molar refractivity (Wildman–Crippen MR) is 93.1 cm³/mol. The Bertz CT molecular complexity index is 842. The molecular formula is C19H20F2N2O4. The van der Waals surface area contributed by atoms with Crippen LogP contribution in [0.1, 0.15) is 32.2 Å². The van der Waals surface area contributed by atoms with Crippen molar-refractivity contribution in [1.29, 1.82) is 0 Å². The number of halogens is 2. The van der Waals surface area contributed by atoms with E-state index in [1.54, 1.807) is 30.9 Å². The van der Waals surface area contributed by atoms with Crippen LogP contribution in [0.15, 0.2) is 34.7 Å². The molecule has 0 spiro atoms. The second-order valence-corrected chi connectivity index (χ2v) is 6.29. The molecule has 3 rings (SSSR count). The van der Waals surface area contributed by atoms with E-state index in [1.807, 2.05) is 0 Å².